The van der Waals surface area contributed by atoms with Crippen molar-refractivity contribution in [3.05, 3.63) is 64.7 Å². The van der Waals surface area contributed by atoms with E-state index >= 15 is 0 Å². The van der Waals surface area contributed by atoms with E-state index in [9.17, 15) is 4.79 Å². The number of ether oxygens (including phenoxy) is 1. The molecule has 0 unspecified atom stereocenters. The Labute approximate surface area is 148 Å². The maximum Gasteiger partial charge on any atom is 0.257 e. The van der Waals surface area contributed by atoms with Gasteiger partial charge in [-0.3, -0.25) is 4.79 Å². The molecular weight excluding hydrogens is 318 g/mol. The van der Waals surface area contributed by atoms with Crippen molar-refractivity contribution < 1.29 is 9.53 Å². The van der Waals surface area contributed by atoms with Crippen LogP contribution in [0.4, 0.5) is 0 Å². The Morgan fingerprint density at radius 3 is 2.50 bits per heavy atom. The fraction of sp³-hybridized carbons (Fsp3) is 0.350. The first-order valence-corrected chi connectivity index (χ1v) is 9.30. The summed E-state index contributed by atoms with van der Waals surface area (Å²) < 4.78 is 5.55. The quantitative estimate of drug-likeness (QED) is 0.735. The van der Waals surface area contributed by atoms with Gasteiger partial charge in [0.05, 0.1) is 0 Å². The van der Waals surface area contributed by atoms with E-state index < -0.39 is 0 Å². The van der Waals surface area contributed by atoms with E-state index in [0.717, 1.165) is 28.4 Å². The Kier molecular flexibility index (Phi) is 7.19. The highest BCUT2D eigenvalue weighted by molar-refractivity contribution is 7.98. The van der Waals surface area contributed by atoms with Gasteiger partial charge >= 0.3 is 0 Å². The van der Waals surface area contributed by atoms with E-state index in [-0.39, 0.29) is 12.5 Å². The molecule has 0 aliphatic heterocycles. The summed E-state index contributed by atoms with van der Waals surface area (Å²) in [4.78, 5) is 11.8. The molecular formula is C20H25NO2S. The summed E-state index contributed by atoms with van der Waals surface area (Å²) in [5, 5.41) is 2.90. The van der Waals surface area contributed by atoms with Gasteiger partial charge in [0, 0.05) is 18.1 Å². The molecule has 0 aliphatic carbocycles. The lowest BCUT2D eigenvalue weighted by molar-refractivity contribution is -0.122. The molecule has 1 amide bonds. The van der Waals surface area contributed by atoms with Crippen LogP contribution in [0.1, 0.15) is 22.3 Å². The van der Waals surface area contributed by atoms with Crippen molar-refractivity contribution in [1.82, 2.24) is 5.32 Å². The molecule has 0 fully saturated rings. The number of thioether (sulfide) groups is 1. The first-order valence-electron chi connectivity index (χ1n) is 8.14. The molecule has 0 aliphatic rings. The standard InChI is InChI=1S/C20H25NO2S/c1-15-10-16(2)12-19(11-15)23-13-20(22)21-8-9-24-14-18-7-5-4-6-17(18)3/h4-7,10-12H,8-9,13-14H2,1-3H3,(H,21,22). The summed E-state index contributed by atoms with van der Waals surface area (Å²) in [5.74, 6) is 2.54. The van der Waals surface area contributed by atoms with Gasteiger partial charge < -0.3 is 10.1 Å². The molecule has 0 radical (unpaired) electrons. The van der Waals surface area contributed by atoms with E-state index in [4.69, 9.17) is 4.74 Å². The van der Waals surface area contributed by atoms with Crippen LogP contribution >= 0.6 is 11.8 Å². The van der Waals surface area contributed by atoms with Crippen LogP contribution in [-0.2, 0) is 10.5 Å². The molecule has 0 heterocycles. The number of nitrogens with one attached hydrogen (secondary N) is 1. The monoisotopic (exact) mass is 343 g/mol. The predicted octanol–water partition coefficient (Wildman–Crippen LogP) is 4.04. The fourth-order valence-electron chi connectivity index (χ4n) is 2.43. The number of aryl methyl sites for hydroxylation is 3. The number of carbonyl (C=O) groups is 1. The summed E-state index contributed by atoms with van der Waals surface area (Å²) in [6.45, 7) is 6.89. The van der Waals surface area contributed by atoms with Gasteiger partial charge in [-0.05, 0) is 55.2 Å². The first-order chi connectivity index (χ1) is 11.5. The van der Waals surface area contributed by atoms with Crippen LogP contribution in [0.15, 0.2) is 42.5 Å². The van der Waals surface area contributed by atoms with E-state index in [1.54, 1.807) is 0 Å². The minimum atomic E-state index is -0.0781. The molecule has 0 atom stereocenters. The molecule has 128 valence electrons. The summed E-state index contributed by atoms with van der Waals surface area (Å²) in [5.41, 5.74) is 4.94. The van der Waals surface area contributed by atoms with Crippen LogP contribution in [0.25, 0.3) is 0 Å². The molecule has 0 bridgehead atoms. The molecule has 2 aromatic carbocycles. The van der Waals surface area contributed by atoms with Crippen LogP contribution in [0.3, 0.4) is 0 Å². The van der Waals surface area contributed by atoms with Crippen LogP contribution in [-0.4, -0.2) is 24.8 Å². The smallest absolute Gasteiger partial charge is 0.257 e. The largest absolute Gasteiger partial charge is 0.484 e. The minimum Gasteiger partial charge on any atom is -0.484 e. The third-order valence-electron chi connectivity index (χ3n) is 3.65. The maximum atomic E-state index is 11.8. The van der Waals surface area contributed by atoms with Crippen LogP contribution in [0.5, 0.6) is 5.75 Å². The average Bonchev–Trinajstić information content (AvgIpc) is 2.53. The van der Waals surface area contributed by atoms with Crippen LogP contribution in [0.2, 0.25) is 0 Å². The number of amides is 1. The lowest BCUT2D eigenvalue weighted by Gasteiger charge is -2.09. The van der Waals surface area contributed by atoms with Crippen LogP contribution < -0.4 is 10.1 Å². The summed E-state index contributed by atoms with van der Waals surface area (Å²) in [7, 11) is 0. The number of rotatable bonds is 8. The summed E-state index contributed by atoms with van der Waals surface area (Å²) in [6, 6.07) is 14.4. The van der Waals surface area contributed by atoms with Gasteiger partial charge in [0.1, 0.15) is 5.75 Å². The van der Waals surface area contributed by atoms with Crippen molar-refractivity contribution in [3.8, 4) is 5.75 Å². The van der Waals surface area contributed by atoms with Gasteiger partial charge in [-0.15, -0.1) is 0 Å². The highest BCUT2D eigenvalue weighted by atomic mass is 32.2. The van der Waals surface area contributed by atoms with E-state index in [0.29, 0.717) is 6.54 Å². The molecule has 0 aromatic heterocycles. The Balaban J connectivity index is 1.62. The molecule has 0 spiro atoms. The van der Waals surface area contributed by atoms with Gasteiger partial charge in [-0.25, -0.2) is 0 Å². The normalized spacial score (nSPS) is 10.5. The molecule has 24 heavy (non-hydrogen) atoms. The third kappa shape index (κ3) is 6.28. The molecule has 2 aromatic rings. The predicted molar refractivity (Wildman–Crippen MR) is 102 cm³/mol. The topological polar surface area (TPSA) is 38.3 Å². The Bertz CT molecular complexity index is 665. The Morgan fingerprint density at radius 1 is 1.08 bits per heavy atom. The van der Waals surface area contributed by atoms with Gasteiger partial charge in [0.15, 0.2) is 6.61 Å². The second-order valence-electron chi connectivity index (χ2n) is 5.94. The first kappa shape index (κ1) is 18.4. The SMILES string of the molecule is Cc1cc(C)cc(OCC(=O)NCCSCc2ccccc2C)c1. The highest BCUT2D eigenvalue weighted by Crippen LogP contribution is 2.16. The Hall–Kier alpha value is -1.94. The van der Waals surface area contributed by atoms with E-state index in [2.05, 4.69) is 42.6 Å². The molecule has 0 saturated carbocycles. The number of hydrogen-bond acceptors (Lipinski definition) is 3. The summed E-state index contributed by atoms with van der Waals surface area (Å²) >= 11 is 1.83. The fourth-order valence-corrected chi connectivity index (χ4v) is 3.37. The molecule has 0 saturated heterocycles. The maximum absolute atomic E-state index is 11.8. The van der Waals surface area contributed by atoms with E-state index in [1.807, 2.05) is 37.7 Å². The van der Waals surface area contributed by atoms with Gasteiger partial charge in [-0.2, -0.15) is 11.8 Å². The van der Waals surface area contributed by atoms with Gasteiger partial charge in [-0.1, -0.05) is 30.3 Å². The lowest BCUT2D eigenvalue weighted by atomic mass is 10.1. The van der Waals surface area contributed by atoms with Crippen molar-refractivity contribution in [2.75, 3.05) is 18.9 Å². The minimum absolute atomic E-state index is 0.0609. The van der Waals surface area contributed by atoms with Gasteiger partial charge in [0.2, 0.25) is 0 Å². The molecule has 1 N–H and O–H groups in total. The van der Waals surface area contributed by atoms with Crippen LogP contribution in [0, 0.1) is 20.8 Å². The number of carbonyl (C=O) groups excluding carboxylic acids is 1. The number of benzene rings is 2. The van der Waals surface area contributed by atoms with Crippen molar-refractivity contribution in [3.63, 3.8) is 0 Å². The summed E-state index contributed by atoms with van der Waals surface area (Å²) in [6.07, 6.45) is 0. The lowest BCUT2D eigenvalue weighted by Crippen LogP contribution is -2.30. The van der Waals surface area contributed by atoms with Crippen molar-refractivity contribution in [2.24, 2.45) is 0 Å². The third-order valence-corrected chi connectivity index (χ3v) is 4.66. The Morgan fingerprint density at radius 2 is 1.79 bits per heavy atom. The average molecular weight is 343 g/mol. The van der Waals surface area contributed by atoms with Crippen molar-refractivity contribution in [1.29, 1.82) is 0 Å². The zero-order valence-corrected chi connectivity index (χ0v) is 15.4. The molecule has 3 nitrogen and oxygen atoms in total. The van der Waals surface area contributed by atoms with Gasteiger partial charge in [0.25, 0.3) is 5.91 Å². The van der Waals surface area contributed by atoms with Crippen molar-refractivity contribution in [2.45, 2.75) is 26.5 Å². The van der Waals surface area contributed by atoms with Crippen molar-refractivity contribution >= 4 is 17.7 Å². The number of hydrogen-bond donors (Lipinski definition) is 1. The zero-order chi connectivity index (χ0) is 17.4. The van der Waals surface area contributed by atoms with E-state index in [1.165, 1.54) is 11.1 Å². The molecule has 4 heteroatoms. The molecule has 2 rings (SSSR count). The zero-order valence-electron chi connectivity index (χ0n) is 14.6. The highest BCUT2D eigenvalue weighted by Gasteiger charge is 2.04. The second-order valence-corrected chi connectivity index (χ2v) is 7.05. The second kappa shape index (κ2) is 9.38.